The second-order valence-electron chi connectivity index (χ2n) is 3.95. The van der Waals surface area contributed by atoms with Gasteiger partial charge in [0, 0.05) is 6.07 Å². The summed E-state index contributed by atoms with van der Waals surface area (Å²) < 4.78 is 59.4. The highest BCUT2D eigenvalue weighted by atomic mass is 32.2. The van der Waals surface area contributed by atoms with Gasteiger partial charge in [-0.15, -0.1) is 0 Å². The van der Waals surface area contributed by atoms with Crippen LogP contribution in [0.1, 0.15) is 6.92 Å². The molecule has 1 aromatic rings. The van der Waals surface area contributed by atoms with Gasteiger partial charge in [-0.2, -0.15) is 8.42 Å². The van der Waals surface area contributed by atoms with E-state index in [9.17, 15) is 16.8 Å². The average Bonchev–Trinajstić information content (AvgIpc) is 2.30. The first kappa shape index (κ1) is 16.7. The number of ether oxygens (including phenoxy) is 1. The maximum atomic E-state index is 11.6. The van der Waals surface area contributed by atoms with Crippen LogP contribution in [0.5, 0.6) is 5.75 Å². The highest BCUT2D eigenvalue weighted by molar-refractivity contribution is 7.91. The number of nitrogens with two attached hydrogens (primary N) is 1. The smallest absolute Gasteiger partial charge is 0.296 e. The molecule has 0 radical (unpaired) electrons. The zero-order valence-corrected chi connectivity index (χ0v) is 12.2. The molecule has 0 aliphatic rings. The maximum absolute atomic E-state index is 11.6. The third kappa shape index (κ3) is 4.07. The Kier molecular flexibility index (Phi) is 4.97. The maximum Gasteiger partial charge on any atom is 0.296 e. The van der Waals surface area contributed by atoms with Crippen LogP contribution in [0, 0.1) is 0 Å². The van der Waals surface area contributed by atoms with Crippen molar-refractivity contribution in [3.8, 4) is 5.75 Å². The van der Waals surface area contributed by atoms with Gasteiger partial charge in [0.2, 0.25) is 0 Å². The second kappa shape index (κ2) is 5.95. The first-order chi connectivity index (χ1) is 9.08. The Labute approximate surface area is 116 Å². The van der Waals surface area contributed by atoms with Crippen molar-refractivity contribution < 1.29 is 31.2 Å². The first-order valence-corrected chi connectivity index (χ1v) is 8.59. The number of aliphatic hydroxyl groups excluding tert-OH is 1. The van der Waals surface area contributed by atoms with E-state index in [0.29, 0.717) is 0 Å². The topological polar surface area (TPSA) is 144 Å². The molecule has 0 amide bonds. The molecule has 0 heterocycles. The van der Waals surface area contributed by atoms with Gasteiger partial charge in [0.25, 0.3) is 10.1 Å². The van der Waals surface area contributed by atoms with Gasteiger partial charge in [-0.3, -0.25) is 4.55 Å². The minimum Gasteiger partial charge on any atom is -0.475 e. The quantitative estimate of drug-likeness (QED) is 0.475. The van der Waals surface area contributed by atoms with E-state index in [-0.39, 0.29) is 11.4 Å². The van der Waals surface area contributed by atoms with Crippen molar-refractivity contribution >= 4 is 25.6 Å². The minimum atomic E-state index is -4.53. The molecule has 10 heteroatoms. The highest BCUT2D eigenvalue weighted by Gasteiger charge is 2.23. The molecule has 0 aromatic heterocycles. The lowest BCUT2D eigenvalue weighted by molar-refractivity contribution is 0.284. The minimum absolute atomic E-state index is 0.0826. The number of rotatable bonds is 6. The summed E-state index contributed by atoms with van der Waals surface area (Å²) in [6, 6.07) is 3.37. The number of sulfone groups is 1. The lowest BCUT2D eigenvalue weighted by Crippen LogP contribution is -2.28. The Hall–Kier alpha value is -1.36. The molecule has 0 saturated heterocycles. The fourth-order valence-corrected chi connectivity index (χ4v) is 2.84. The summed E-state index contributed by atoms with van der Waals surface area (Å²) in [4.78, 5) is -0.568. The third-order valence-corrected chi connectivity index (χ3v) is 5.22. The van der Waals surface area contributed by atoms with Gasteiger partial charge in [-0.1, -0.05) is 0 Å². The molecule has 0 aliphatic carbocycles. The van der Waals surface area contributed by atoms with Crippen LogP contribution in [-0.2, 0) is 20.0 Å². The Balaban J connectivity index is 3.07. The Bertz CT molecular complexity index is 682. The van der Waals surface area contributed by atoms with Gasteiger partial charge in [0.05, 0.1) is 18.0 Å². The average molecular weight is 325 g/mol. The largest absolute Gasteiger partial charge is 0.475 e. The molecule has 1 atom stereocenters. The lowest BCUT2D eigenvalue weighted by Gasteiger charge is -2.15. The number of hydrogen-bond donors (Lipinski definition) is 3. The standard InChI is InChI=1S/C10H15NO7S2/c1-7(19(13,14)5-4-12)18-8-2-3-9(11)10(6-8)20(15,16)17/h2-3,6-7,12H,4-5,11H2,1H3,(H,15,16,17). The summed E-state index contributed by atoms with van der Waals surface area (Å²) in [6.45, 7) is 0.697. The van der Waals surface area contributed by atoms with Crippen molar-refractivity contribution in [1.82, 2.24) is 0 Å². The van der Waals surface area contributed by atoms with Crippen LogP contribution in [0.3, 0.4) is 0 Å². The van der Waals surface area contributed by atoms with E-state index in [4.69, 9.17) is 20.1 Å². The van der Waals surface area contributed by atoms with Crippen LogP contribution in [0.2, 0.25) is 0 Å². The molecule has 0 bridgehead atoms. The SMILES string of the molecule is CC(Oc1ccc(N)c(S(=O)(=O)O)c1)S(=O)(=O)CCO. The molecule has 4 N–H and O–H groups in total. The van der Waals surface area contributed by atoms with Gasteiger partial charge in [0.15, 0.2) is 15.3 Å². The van der Waals surface area contributed by atoms with Crippen LogP contribution >= 0.6 is 0 Å². The predicted molar refractivity (Wildman–Crippen MR) is 71.6 cm³/mol. The summed E-state index contributed by atoms with van der Waals surface area (Å²) in [5.74, 6) is -0.560. The zero-order chi connectivity index (χ0) is 15.6. The van der Waals surface area contributed by atoms with Crippen LogP contribution in [0.25, 0.3) is 0 Å². The van der Waals surface area contributed by atoms with E-state index in [1.807, 2.05) is 0 Å². The van der Waals surface area contributed by atoms with E-state index < -0.39 is 42.6 Å². The van der Waals surface area contributed by atoms with E-state index in [1.54, 1.807) is 0 Å². The van der Waals surface area contributed by atoms with Crippen LogP contribution in [0.4, 0.5) is 5.69 Å². The number of aliphatic hydroxyl groups is 1. The monoisotopic (exact) mass is 325 g/mol. The lowest BCUT2D eigenvalue weighted by atomic mass is 10.3. The number of benzene rings is 1. The molecule has 0 saturated carbocycles. The number of hydrogen-bond acceptors (Lipinski definition) is 7. The van der Waals surface area contributed by atoms with Gasteiger partial charge in [-0.05, 0) is 19.1 Å². The van der Waals surface area contributed by atoms with E-state index in [2.05, 4.69) is 0 Å². The summed E-state index contributed by atoms with van der Waals surface area (Å²) in [5.41, 5.74) is 3.92. The van der Waals surface area contributed by atoms with E-state index >= 15 is 0 Å². The fraction of sp³-hybridized carbons (Fsp3) is 0.400. The molecule has 1 unspecified atom stereocenters. The van der Waals surface area contributed by atoms with Crippen molar-refractivity contribution in [3.63, 3.8) is 0 Å². The highest BCUT2D eigenvalue weighted by Crippen LogP contribution is 2.25. The van der Waals surface area contributed by atoms with E-state index in [1.165, 1.54) is 19.1 Å². The summed E-state index contributed by atoms with van der Waals surface area (Å²) in [6.07, 6.45) is 0. The summed E-state index contributed by atoms with van der Waals surface area (Å²) in [7, 11) is -8.21. The molecule has 1 rings (SSSR count). The Morgan fingerprint density at radius 1 is 1.30 bits per heavy atom. The van der Waals surface area contributed by atoms with Crippen molar-refractivity contribution in [1.29, 1.82) is 0 Å². The van der Waals surface area contributed by atoms with Crippen LogP contribution in [0.15, 0.2) is 23.1 Å². The number of nitrogen functional groups attached to an aromatic ring is 1. The molecule has 0 aliphatic heterocycles. The van der Waals surface area contributed by atoms with Gasteiger partial charge in [0.1, 0.15) is 10.6 Å². The van der Waals surface area contributed by atoms with Crippen molar-refractivity contribution in [2.45, 2.75) is 17.3 Å². The van der Waals surface area contributed by atoms with Gasteiger partial charge < -0.3 is 15.6 Å². The molecular formula is C10H15NO7S2. The third-order valence-electron chi connectivity index (χ3n) is 2.45. The Morgan fingerprint density at radius 3 is 2.40 bits per heavy atom. The molecule has 20 heavy (non-hydrogen) atoms. The molecule has 114 valence electrons. The molecular weight excluding hydrogens is 310 g/mol. The van der Waals surface area contributed by atoms with Gasteiger partial charge in [-0.25, -0.2) is 8.42 Å². The fourth-order valence-electron chi connectivity index (χ4n) is 1.37. The summed E-state index contributed by atoms with van der Waals surface area (Å²) >= 11 is 0. The normalized spacial score (nSPS) is 13.9. The van der Waals surface area contributed by atoms with E-state index in [0.717, 1.165) is 6.07 Å². The van der Waals surface area contributed by atoms with Crippen LogP contribution < -0.4 is 10.5 Å². The summed E-state index contributed by atoms with van der Waals surface area (Å²) in [5, 5.41) is 8.64. The Morgan fingerprint density at radius 2 is 1.90 bits per heavy atom. The predicted octanol–water partition coefficient (Wildman–Crippen LogP) is -0.353. The number of anilines is 1. The van der Waals surface area contributed by atoms with Crippen molar-refractivity contribution in [2.24, 2.45) is 0 Å². The second-order valence-corrected chi connectivity index (χ2v) is 7.74. The zero-order valence-electron chi connectivity index (χ0n) is 10.6. The molecule has 8 nitrogen and oxygen atoms in total. The van der Waals surface area contributed by atoms with Gasteiger partial charge >= 0.3 is 0 Å². The first-order valence-electron chi connectivity index (χ1n) is 5.44. The van der Waals surface area contributed by atoms with Crippen LogP contribution in [-0.4, -0.2) is 44.3 Å². The molecule has 0 spiro atoms. The van der Waals surface area contributed by atoms with Crippen molar-refractivity contribution in [2.75, 3.05) is 18.1 Å². The molecule has 1 aromatic carbocycles. The van der Waals surface area contributed by atoms with Crippen molar-refractivity contribution in [3.05, 3.63) is 18.2 Å². The molecule has 0 fully saturated rings.